The lowest BCUT2D eigenvalue weighted by Crippen LogP contribution is -2.18. The van der Waals surface area contributed by atoms with Crippen LogP contribution in [0.5, 0.6) is 17.2 Å². The summed E-state index contributed by atoms with van der Waals surface area (Å²) in [7, 11) is 1.46. The Balaban J connectivity index is 1.77. The molecule has 0 aliphatic heterocycles. The standard InChI is InChI=1S/C20H20Cl2N2O5/c1-13(25)29-18-7-5-14(10-19(18)27-2)12-23-24-20(26)4-3-9-28-17-8-6-15(21)11-16(17)22/h5-8,10-12H,3-4,9H2,1-2H3,(H,24,26). The minimum atomic E-state index is -0.445. The lowest BCUT2D eigenvalue weighted by molar-refractivity contribution is -0.132. The maximum Gasteiger partial charge on any atom is 0.308 e. The Morgan fingerprint density at radius 3 is 2.55 bits per heavy atom. The second-order valence-corrected chi connectivity index (χ2v) is 6.67. The average molecular weight is 439 g/mol. The van der Waals surface area contributed by atoms with Crippen molar-refractivity contribution in [2.24, 2.45) is 5.10 Å². The van der Waals surface area contributed by atoms with Crippen molar-refractivity contribution >= 4 is 41.3 Å². The van der Waals surface area contributed by atoms with Gasteiger partial charge in [0.05, 0.1) is 25.0 Å². The summed E-state index contributed by atoms with van der Waals surface area (Å²) in [4.78, 5) is 22.9. The highest BCUT2D eigenvalue weighted by Crippen LogP contribution is 2.28. The highest BCUT2D eigenvalue weighted by atomic mass is 35.5. The number of esters is 1. The molecule has 0 atom stereocenters. The Morgan fingerprint density at radius 2 is 1.86 bits per heavy atom. The zero-order chi connectivity index (χ0) is 21.2. The van der Waals surface area contributed by atoms with Crippen LogP contribution in [0.2, 0.25) is 10.0 Å². The van der Waals surface area contributed by atoms with E-state index in [0.29, 0.717) is 45.9 Å². The van der Waals surface area contributed by atoms with Crippen LogP contribution in [0.4, 0.5) is 0 Å². The summed E-state index contributed by atoms with van der Waals surface area (Å²) < 4.78 is 15.7. The molecule has 2 rings (SSSR count). The second kappa shape index (κ2) is 11.3. The molecule has 0 fully saturated rings. The second-order valence-electron chi connectivity index (χ2n) is 5.82. The molecule has 0 radical (unpaired) electrons. The van der Waals surface area contributed by atoms with Gasteiger partial charge in [-0.05, 0) is 48.4 Å². The highest BCUT2D eigenvalue weighted by Gasteiger charge is 2.07. The molecule has 0 saturated carbocycles. The van der Waals surface area contributed by atoms with Crippen LogP contribution in [0.25, 0.3) is 0 Å². The van der Waals surface area contributed by atoms with Gasteiger partial charge in [-0.15, -0.1) is 0 Å². The number of hydrogen-bond acceptors (Lipinski definition) is 6. The molecule has 1 amide bonds. The number of nitrogens with zero attached hydrogens (tertiary/aromatic N) is 1. The normalized spacial score (nSPS) is 10.6. The van der Waals surface area contributed by atoms with Gasteiger partial charge in [-0.1, -0.05) is 23.2 Å². The van der Waals surface area contributed by atoms with E-state index in [1.54, 1.807) is 36.4 Å². The van der Waals surface area contributed by atoms with Gasteiger partial charge in [-0.3, -0.25) is 9.59 Å². The maximum atomic E-state index is 11.8. The number of nitrogens with one attached hydrogen (secondary N) is 1. The molecular formula is C20H20Cl2N2O5. The highest BCUT2D eigenvalue weighted by molar-refractivity contribution is 6.35. The van der Waals surface area contributed by atoms with Gasteiger partial charge < -0.3 is 14.2 Å². The number of benzene rings is 2. The summed E-state index contributed by atoms with van der Waals surface area (Å²) in [6.07, 6.45) is 2.18. The maximum absolute atomic E-state index is 11.8. The van der Waals surface area contributed by atoms with E-state index in [0.717, 1.165) is 0 Å². The van der Waals surface area contributed by atoms with Gasteiger partial charge >= 0.3 is 5.97 Å². The third-order valence-corrected chi connectivity index (χ3v) is 4.07. The van der Waals surface area contributed by atoms with Gasteiger partial charge in [0.15, 0.2) is 11.5 Å². The first kappa shape index (κ1) is 22.5. The minimum Gasteiger partial charge on any atom is -0.493 e. The molecule has 0 unspecified atom stereocenters. The molecule has 0 aromatic heterocycles. The Morgan fingerprint density at radius 1 is 1.10 bits per heavy atom. The fraction of sp³-hybridized carbons (Fsp3) is 0.250. The molecule has 154 valence electrons. The van der Waals surface area contributed by atoms with Gasteiger partial charge in [0.2, 0.25) is 5.91 Å². The first-order valence-corrected chi connectivity index (χ1v) is 9.41. The molecule has 7 nitrogen and oxygen atoms in total. The van der Waals surface area contributed by atoms with Crippen LogP contribution in [-0.4, -0.2) is 31.8 Å². The molecule has 0 aliphatic carbocycles. The fourth-order valence-corrected chi connectivity index (χ4v) is 2.71. The van der Waals surface area contributed by atoms with Gasteiger partial charge in [0.25, 0.3) is 0 Å². The number of carbonyl (C=O) groups is 2. The number of hydrogen-bond donors (Lipinski definition) is 1. The van der Waals surface area contributed by atoms with Crippen molar-refractivity contribution in [2.75, 3.05) is 13.7 Å². The summed E-state index contributed by atoms with van der Waals surface area (Å²) in [5, 5.41) is 4.85. The number of hydrazone groups is 1. The van der Waals surface area contributed by atoms with Gasteiger partial charge in [0, 0.05) is 18.4 Å². The molecule has 0 bridgehead atoms. The molecule has 1 N–H and O–H groups in total. The van der Waals surface area contributed by atoms with Crippen molar-refractivity contribution in [2.45, 2.75) is 19.8 Å². The van der Waals surface area contributed by atoms with E-state index < -0.39 is 5.97 Å². The van der Waals surface area contributed by atoms with Crippen LogP contribution < -0.4 is 19.6 Å². The Labute approximate surface area is 178 Å². The van der Waals surface area contributed by atoms with E-state index in [9.17, 15) is 9.59 Å². The monoisotopic (exact) mass is 438 g/mol. The molecule has 0 saturated heterocycles. The quantitative estimate of drug-likeness (QED) is 0.208. The van der Waals surface area contributed by atoms with Crippen molar-refractivity contribution in [1.82, 2.24) is 5.43 Å². The Hall–Kier alpha value is -2.77. The van der Waals surface area contributed by atoms with Crippen LogP contribution >= 0.6 is 23.2 Å². The van der Waals surface area contributed by atoms with Gasteiger partial charge in [-0.2, -0.15) is 5.10 Å². The lowest BCUT2D eigenvalue weighted by Gasteiger charge is -2.08. The van der Waals surface area contributed by atoms with Gasteiger partial charge in [-0.25, -0.2) is 5.43 Å². The van der Waals surface area contributed by atoms with E-state index in [-0.39, 0.29) is 12.3 Å². The number of carbonyl (C=O) groups excluding carboxylic acids is 2. The molecule has 2 aromatic rings. The van der Waals surface area contributed by atoms with Crippen LogP contribution in [0.1, 0.15) is 25.3 Å². The summed E-state index contributed by atoms with van der Waals surface area (Å²) in [6, 6.07) is 9.85. The molecule has 29 heavy (non-hydrogen) atoms. The summed E-state index contributed by atoms with van der Waals surface area (Å²) in [5.74, 6) is 0.506. The summed E-state index contributed by atoms with van der Waals surface area (Å²) in [5.41, 5.74) is 3.10. The number of rotatable bonds is 9. The molecule has 0 spiro atoms. The first-order chi connectivity index (χ1) is 13.9. The molecular weight excluding hydrogens is 419 g/mol. The number of halogens is 2. The Kier molecular flexibility index (Phi) is 8.76. The molecule has 0 aliphatic rings. The van der Waals surface area contributed by atoms with E-state index in [4.69, 9.17) is 37.4 Å². The minimum absolute atomic E-state index is 0.233. The predicted octanol–water partition coefficient (Wildman–Crippen LogP) is 4.24. The number of amides is 1. The first-order valence-electron chi connectivity index (χ1n) is 8.65. The largest absolute Gasteiger partial charge is 0.493 e. The van der Waals surface area contributed by atoms with Crippen molar-refractivity contribution < 1.29 is 23.8 Å². The average Bonchev–Trinajstić information content (AvgIpc) is 2.67. The van der Waals surface area contributed by atoms with Gasteiger partial charge in [0.1, 0.15) is 5.75 Å². The van der Waals surface area contributed by atoms with Crippen LogP contribution in [0, 0.1) is 0 Å². The predicted molar refractivity (Wildman–Crippen MR) is 111 cm³/mol. The molecule has 2 aromatic carbocycles. The topological polar surface area (TPSA) is 86.2 Å². The van der Waals surface area contributed by atoms with Crippen molar-refractivity contribution in [3.05, 3.63) is 52.0 Å². The van der Waals surface area contributed by atoms with E-state index in [2.05, 4.69) is 10.5 Å². The molecule has 9 heteroatoms. The zero-order valence-electron chi connectivity index (χ0n) is 15.9. The summed E-state index contributed by atoms with van der Waals surface area (Å²) >= 11 is 11.8. The van der Waals surface area contributed by atoms with Crippen LogP contribution in [0.15, 0.2) is 41.5 Å². The zero-order valence-corrected chi connectivity index (χ0v) is 17.4. The van der Waals surface area contributed by atoms with Crippen molar-refractivity contribution in [3.63, 3.8) is 0 Å². The van der Waals surface area contributed by atoms with E-state index in [1.807, 2.05) is 0 Å². The smallest absolute Gasteiger partial charge is 0.308 e. The fourth-order valence-electron chi connectivity index (χ4n) is 2.25. The van der Waals surface area contributed by atoms with Crippen LogP contribution in [0.3, 0.4) is 0 Å². The number of methoxy groups -OCH3 is 1. The van der Waals surface area contributed by atoms with Crippen molar-refractivity contribution in [3.8, 4) is 17.2 Å². The van der Waals surface area contributed by atoms with E-state index >= 15 is 0 Å². The third-order valence-electron chi connectivity index (χ3n) is 3.54. The SMILES string of the molecule is COc1cc(C=NNC(=O)CCCOc2ccc(Cl)cc2Cl)ccc1OC(C)=O. The summed E-state index contributed by atoms with van der Waals surface area (Å²) in [6.45, 7) is 1.63. The lowest BCUT2D eigenvalue weighted by atomic mass is 10.2. The van der Waals surface area contributed by atoms with E-state index in [1.165, 1.54) is 20.2 Å². The van der Waals surface area contributed by atoms with Crippen LogP contribution in [-0.2, 0) is 9.59 Å². The number of ether oxygens (including phenoxy) is 3. The molecule has 0 heterocycles. The van der Waals surface area contributed by atoms with Crippen molar-refractivity contribution in [1.29, 1.82) is 0 Å². The third kappa shape index (κ3) is 7.63. The Bertz CT molecular complexity index is 902.